The molecule has 1 saturated heterocycles. The van der Waals surface area contributed by atoms with Crippen LogP contribution in [0.25, 0.3) is 10.9 Å². The first-order chi connectivity index (χ1) is 11.5. The summed E-state index contributed by atoms with van der Waals surface area (Å²) in [6.45, 7) is 10.7. The largest absolute Gasteiger partial charge is 0.369 e. The Kier molecular flexibility index (Phi) is 4.95. The van der Waals surface area contributed by atoms with Crippen LogP contribution in [0.3, 0.4) is 0 Å². The molecule has 3 rings (SSSR count). The maximum atomic E-state index is 11.4. The van der Waals surface area contributed by atoms with E-state index in [0.29, 0.717) is 5.92 Å². The summed E-state index contributed by atoms with van der Waals surface area (Å²) in [5.74, 6) is 0.544. The summed E-state index contributed by atoms with van der Waals surface area (Å²) in [5, 5.41) is 1.37. The Morgan fingerprint density at radius 1 is 1.25 bits per heavy atom. The van der Waals surface area contributed by atoms with Crippen LogP contribution in [0.4, 0.5) is 0 Å². The molecule has 0 aliphatic carbocycles. The molecule has 1 aliphatic heterocycles. The number of carbonyl (C=O) groups excluding carboxylic acids is 1. The molecule has 130 valence electrons. The number of benzene rings is 1. The fourth-order valence-electron chi connectivity index (χ4n) is 3.90. The van der Waals surface area contributed by atoms with Crippen molar-refractivity contribution in [2.24, 2.45) is 17.6 Å². The minimum atomic E-state index is -0.139. The van der Waals surface area contributed by atoms with Crippen molar-refractivity contribution in [1.82, 2.24) is 9.47 Å². The highest BCUT2D eigenvalue weighted by Gasteiger charge is 2.24. The van der Waals surface area contributed by atoms with Gasteiger partial charge < -0.3 is 10.3 Å². The number of carbonyl (C=O) groups is 1. The van der Waals surface area contributed by atoms with Crippen LogP contribution in [0, 0.1) is 18.8 Å². The van der Waals surface area contributed by atoms with E-state index >= 15 is 0 Å². The van der Waals surface area contributed by atoms with Crippen molar-refractivity contribution in [2.75, 3.05) is 13.1 Å². The number of likely N-dealkylation sites (tertiary alicyclic amines) is 1. The van der Waals surface area contributed by atoms with E-state index in [0.717, 1.165) is 39.0 Å². The molecular weight excluding hydrogens is 298 g/mol. The van der Waals surface area contributed by atoms with Gasteiger partial charge in [0.25, 0.3) is 0 Å². The Labute approximate surface area is 144 Å². The van der Waals surface area contributed by atoms with Gasteiger partial charge in [-0.05, 0) is 50.4 Å². The average molecular weight is 327 g/mol. The summed E-state index contributed by atoms with van der Waals surface area (Å²) < 4.78 is 2.46. The molecule has 2 aromatic rings. The summed E-state index contributed by atoms with van der Waals surface area (Å²) in [5.41, 5.74) is 9.60. The number of para-hydroxylation sites is 1. The van der Waals surface area contributed by atoms with E-state index in [1.165, 1.54) is 22.2 Å². The van der Waals surface area contributed by atoms with Crippen molar-refractivity contribution in [3.05, 3.63) is 35.5 Å². The highest BCUT2D eigenvalue weighted by molar-refractivity contribution is 5.85. The zero-order valence-electron chi connectivity index (χ0n) is 15.1. The Bertz CT molecular complexity index is 724. The van der Waals surface area contributed by atoms with Gasteiger partial charge in [-0.3, -0.25) is 9.69 Å². The van der Waals surface area contributed by atoms with Gasteiger partial charge in [0.05, 0.1) is 0 Å². The molecule has 0 unspecified atom stereocenters. The Morgan fingerprint density at radius 3 is 2.54 bits per heavy atom. The molecule has 0 bridgehead atoms. The van der Waals surface area contributed by atoms with E-state index in [1.54, 1.807) is 0 Å². The van der Waals surface area contributed by atoms with E-state index in [-0.39, 0.29) is 11.8 Å². The number of hydrogen-bond acceptors (Lipinski definition) is 2. The van der Waals surface area contributed by atoms with Gasteiger partial charge in [0.1, 0.15) is 0 Å². The number of nitrogens with zero attached hydrogens (tertiary/aromatic N) is 2. The number of aromatic nitrogens is 1. The lowest BCUT2D eigenvalue weighted by Gasteiger charge is -2.30. The van der Waals surface area contributed by atoms with Crippen LogP contribution >= 0.6 is 0 Å². The third-order valence-electron chi connectivity index (χ3n) is 5.28. The van der Waals surface area contributed by atoms with Gasteiger partial charge in [-0.1, -0.05) is 32.0 Å². The first-order valence-electron chi connectivity index (χ1n) is 9.05. The molecule has 0 atom stereocenters. The zero-order valence-corrected chi connectivity index (χ0v) is 15.1. The van der Waals surface area contributed by atoms with Crippen LogP contribution in [0.5, 0.6) is 0 Å². The predicted octanol–water partition coefficient (Wildman–Crippen LogP) is 3.30. The van der Waals surface area contributed by atoms with Crippen molar-refractivity contribution in [2.45, 2.75) is 46.7 Å². The van der Waals surface area contributed by atoms with Gasteiger partial charge in [-0.2, -0.15) is 0 Å². The third-order valence-corrected chi connectivity index (χ3v) is 5.28. The van der Waals surface area contributed by atoms with E-state index in [1.807, 2.05) is 0 Å². The normalized spacial score (nSPS) is 17.0. The first kappa shape index (κ1) is 17.0. The fraction of sp³-hybridized carbons (Fsp3) is 0.550. The molecular formula is C20H29N3O. The Hall–Kier alpha value is -1.81. The van der Waals surface area contributed by atoms with Crippen LogP contribution < -0.4 is 5.73 Å². The SMILES string of the molecule is Cc1c(CN2CCC(C(N)=O)CC2)c2ccccc2n1CC(C)C. The summed E-state index contributed by atoms with van der Waals surface area (Å²) in [6.07, 6.45) is 1.78. The minimum Gasteiger partial charge on any atom is -0.369 e. The maximum absolute atomic E-state index is 11.4. The van der Waals surface area contributed by atoms with Gasteiger partial charge in [-0.25, -0.2) is 0 Å². The van der Waals surface area contributed by atoms with Gasteiger partial charge in [0.2, 0.25) is 5.91 Å². The van der Waals surface area contributed by atoms with Gasteiger partial charge in [-0.15, -0.1) is 0 Å². The lowest BCUT2D eigenvalue weighted by atomic mass is 9.96. The second-order valence-electron chi connectivity index (χ2n) is 7.54. The minimum absolute atomic E-state index is 0.0598. The molecule has 1 aliphatic rings. The molecule has 24 heavy (non-hydrogen) atoms. The Balaban J connectivity index is 1.85. The molecule has 1 amide bonds. The molecule has 0 spiro atoms. The second-order valence-corrected chi connectivity index (χ2v) is 7.54. The van der Waals surface area contributed by atoms with E-state index < -0.39 is 0 Å². The van der Waals surface area contributed by atoms with Crippen molar-refractivity contribution >= 4 is 16.8 Å². The van der Waals surface area contributed by atoms with Crippen LogP contribution in [-0.2, 0) is 17.9 Å². The van der Waals surface area contributed by atoms with Gasteiger partial charge in [0.15, 0.2) is 0 Å². The number of rotatable bonds is 5. The maximum Gasteiger partial charge on any atom is 0.220 e. The topological polar surface area (TPSA) is 51.3 Å². The number of amides is 1. The van der Waals surface area contributed by atoms with Crippen molar-refractivity contribution in [1.29, 1.82) is 0 Å². The van der Waals surface area contributed by atoms with Crippen LogP contribution in [0.15, 0.2) is 24.3 Å². The van der Waals surface area contributed by atoms with E-state index in [2.05, 4.69) is 54.5 Å². The number of primary amides is 1. The molecule has 0 radical (unpaired) electrons. The van der Waals surface area contributed by atoms with Crippen molar-refractivity contribution in [3.63, 3.8) is 0 Å². The highest BCUT2D eigenvalue weighted by atomic mass is 16.1. The quantitative estimate of drug-likeness (QED) is 0.916. The van der Waals surface area contributed by atoms with Crippen LogP contribution in [0.1, 0.15) is 37.9 Å². The standard InChI is InChI=1S/C20H29N3O/c1-14(2)12-23-15(3)18(17-6-4-5-7-19(17)23)13-22-10-8-16(9-11-22)20(21)24/h4-7,14,16H,8-13H2,1-3H3,(H2,21,24). The smallest absolute Gasteiger partial charge is 0.220 e. The molecule has 4 heteroatoms. The molecule has 1 fully saturated rings. The number of piperidine rings is 1. The average Bonchev–Trinajstić information content (AvgIpc) is 2.81. The predicted molar refractivity (Wildman–Crippen MR) is 98.7 cm³/mol. The third kappa shape index (κ3) is 3.34. The lowest BCUT2D eigenvalue weighted by molar-refractivity contribution is -0.123. The van der Waals surface area contributed by atoms with Gasteiger partial charge in [0, 0.05) is 35.6 Å². The fourth-order valence-corrected chi connectivity index (χ4v) is 3.90. The highest BCUT2D eigenvalue weighted by Crippen LogP contribution is 2.29. The van der Waals surface area contributed by atoms with Gasteiger partial charge >= 0.3 is 0 Å². The second kappa shape index (κ2) is 6.98. The molecule has 1 aromatic carbocycles. The van der Waals surface area contributed by atoms with E-state index in [4.69, 9.17) is 5.73 Å². The lowest BCUT2D eigenvalue weighted by Crippen LogP contribution is -2.38. The van der Waals surface area contributed by atoms with Crippen molar-refractivity contribution in [3.8, 4) is 0 Å². The summed E-state index contributed by atoms with van der Waals surface area (Å²) in [6, 6.07) is 8.73. The zero-order chi connectivity index (χ0) is 17.3. The first-order valence-corrected chi connectivity index (χ1v) is 9.05. The Morgan fingerprint density at radius 2 is 1.92 bits per heavy atom. The summed E-state index contributed by atoms with van der Waals surface area (Å²) in [7, 11) is 0. The van der Waals surface area contributed by atoms with Crippen LogP contribution in [-0.4, -0.2) is 28.5 Å². The van der Waals surface area contributed by atoms with E-state index in [9.17, 15) is 4.79 Å². The molecule has 1 aromatic heterocycles. The summed E-state index contributed by atoms with van der Waals surface area (Å²) >= 11 is 0. The molecule has 2 N–H and O–H groups in total. The number of hydrogen-bond donors (Lipinski definition) is 1. The van der Waals surface area contributed by atoms with Crippen LogP contribution in [0.2, 0.25) is 0 Å². The number of nitrogens with two attached hydrogens (primary N) is 1. The number of fused-ring (bicyclic) bond motifs is 1. The summed E-state index contributed by atoms with van der Waals surface area (Å²) in [4.78, 5) is 13.8. The molecule has 2 heterocycles. The monoisotopic (exact) mass is 327 g/mol. The molecule has 4 nitrogen and oxygen atoms in total. The molecule has 0 saturated carbocycles. The van der Waals surface area contributed by atoms with Crippen molar-refractivity contribution < 1.29 is 4.79 Å².